The first-order valence-corrected chi connectivity index (χ1v) is 10.2. The highest BCUT2D eigenvalue weighted by Crippen LogP contribution is 2.35. The van der Waals surface area contributed by atoms with Crippen LogP contribution in [0.25, 0.3) is 0 Å². The van der Waals surface area contributed by atoms with Crippen molar-refractivity contribution in [1.82, 2.24) is 5.32 Å². The van der Waals surface area contributed by atoms with Gasteiger partial charge in [-0.3, -0.25) is 9.59 Å². The van der Waals surface area contributed by atoms with E-state index in [1.54, 1.807) is 41.3 Å². The highest BCUT2D eigenvalue weighted by Gasteiger charge is 2.34. The monoisotopic (exact) mass is 432 g/mol. The summed E-state index contributed by atoms with van der Waals surface area (Å²) in [5.74, 6) is 0.919. The van der Waals surface area contributed by atoms with Gasteiger partial charge in [-0.25, -0.2) is 0 Å². The zero-order chi connectivity index (χ0) is 22.5. The summed E-state index contributed by atoms with van der Waals surface area (Å²) >= 11 is 0. The Hall–Kier alpha value is -4.00. The van der Waals surface area contributed by atoms with E-state index in [1.165, 1.54) is 14.2 Å². The topological polar surface area (TPSA) is 77.1 Å². The van der Waals surface area contributed by atoms with Gasteiger partial charge >= 0.3 is 0 Å². The van der Waals surface area contributed by atoms with Crippen LogP contribution in [0.3, 0.4) is 0 Å². The highest BCUT2D eigenvalue weighted by atomic mass is 16.5. The Balaban J connectivity index is 1.59. The van der Waals surface area contributed by atoms with Gasteiger partial charge in [0.25, 0.3) is 11.8 Å². The maximum Gasteiger partial charge on any atom is 0.263 e. The number of methoxy groups -OCH3 is 2. The lowest BCUT2D eigenvalue weighted by Gasteiger charge is -2.34. The van der Waals surface area contributed by atoms with Gasteiger partial charge < -0.3 is 24.4 Å². The normalized spacial score (nSPS) is 14.7. The minimum absolute atomic E-state index is 0.0794. The van der Waals surface area contributed by atoms with E-state index in [4.69, 9.17) is 14.2 Å². The Morgan fingerprint density at radius 2 is 1.62 bits per heavy atom. The summed E-state index contributed by atoms with van der Waals surface area (Å²) < 4.78 is 16.5. The summed E-state index contributed by atoms with van der Waals surface area (Å²) in [5, 5.41) is 2.89. The van der Waals surface area contributed by atoms with Crippen LogP contribution in [0.4, 0.5) is 5.69 Å². The van der Waals surface area contributed by atoms with E-state index >= 15 is 0 Å². The number of anilines is 1. The summed E-state index contributed by atoms with van der Waals surface area (Å²) in [6, 6.07) is 21.8. The van der Waals surface area contributed by atoms with Crippen LogP contribution < -0.4 is 24.4 Å². The van der Waals surface area contributed by atoms with Gasteiger partial charge in [0.05, 0.1) is 26.5 Å². The van der Waals surface area contributed by atoms with Crippen LogP contribution in [0.2, 0.25) is 0 Å². The largest absolute Gasteiger partial charge is 0.497 e. The molecule has 0 saturated carbocycles. The van der Waals surface area contributed by atoms with Crippen molar-refractivity contribution in [2.24, 2.45) is 0 Å². The Kier molecular flexibility index (Phi) is 6.26. The van der Waals surface area contributed by atoms with E-state index < -0.39 is 6.10 Å². The molecule has 7 nitrogen and oxygen atoms in total. The molecule has 0 unspecified atom stereocenters. The predicted molar refractivity (Wildman–Crippen MR) is 120 cm³/mol. The van der Waals surface area contributed by atoms with Gasteiger partial charge in [0.15, 0.2) is 6.10 Å². The second-order valence-corrected chi connectivity index (χ2v) is 7.29. The molecule has 0 aromatic heterocycles. The van der Waals surface area contributed by atoms with Crippen LogP contribution in [-0.2, 0) is 11.3 Å². The molecule has 1 N–H and O–H groups in total. The number of amides is 2. The molecule has 7 heteroatoms. The Morgan fingerprint density at radius 1 is 0.969 bits per heavy atom. The number of hydrogen-bond donors (Lipinski definition) is 1. The van der Waals surface area contributed by atoms with Crippen LogP contribution in [-0.4, -0.2) is 38.7 Å². The van der Waals surface area contributed by atoms with E-state index in [2.05, 4.69) is 5.32 Å². The van der Waals surface area contributed by atoms with Crippen molar-refractivity contribution in [2.45, 2.75) is 12.6 Å². The molecule has 3 aromatic rings. The van der Waals surface area contributed by atoms with Gasteiger partial charge in [-0.2, -0.15) is 0 Å². The van der Waals surface area contributed by atoms with Crippen LogP contribution in [0, 0.1) is 0 Å². The maximum absolute atomic E-state index is 13.5. The molecule has 3 aromatic carbocycles. The average molecular weight is 432 g/mol. The van der Waals surface area contributed by atoms with Crippen molar-refractivity contribution in [1.29, 1.82) is 0 Å². The van der Waals surface area contributed by atoms with Crippen molar-refractivity contribution in [3.05, 3.63) is 83.9 Å². The van der Waals surface area contributed by atoms with Crippen molar-refractivity contribution in [3.63, 3.8) is 0 Å². The van der Waals surface area contributed by atoms with Crippen LogP contribution in [0.15, 0.2) is 72.8 Å². The first-order chi connectivity index (χ1) is 15.6. The number of nitrogens with zero attached hydrogens (tertiary/aromatic N) is 1. The standard InChI is InChI=1S/C25H24N2O5/c1-30-19-12-18(13-20(14-19)31-2)25(29)27-16-23(32-22-11-7-6-10-21(22)27)24(28)26-15-17-8-4-3-5-9-17/h3-14,23H,15-16H2,1-2H3,(H,26,28)/t23-/m0/s1. The van der Waals surface area contributed by atoms with Gasteiger partial charge in [0.2, 0.25) is 0 Å². The summed E-state index contributed by atoms with van der Waals surface area (Å²) in [7, 11) is 3.06. The molecule has 0 bridgehead atoms. The van der Waals surface area contributed by atoms with Crippen LogP contribution in [0.1, 0.15) is 15.9 Å². The smallest absolute Gasteiger partial charge is 0.263 e. The second kappa shape index (κ2) is 9.43. The van der Waals surface area contributed by atoms with Crippen LogP contribution >= 0.6 is 0 Å². The second-order valence-electron chi connectivity index (χ2n) is 7.29. The molecule has 1 aliphatic heterocycles. The SMILES string of the molecule is COc1cc(OC)cc(C(=O)N2C[C@@H](C(=O)NCc3ccccc3)Oc3ccccc32)c1. The quantitative estimate of drug-likeness (QED) is 0.646. The zero-order valence-corrected chi connectivity index (χ0v) is 17.9. The Bertz CT molecular complexity index is 1090. The average Bonchev–Trinajstić information content (AvgIpc) is 2.86. The summed E-state index contributed by atoms with van der Waals surface area (Å²) in [5.41, 5.74) is 1.97. The third-order valence-corrected chi connectivity index (χ3v) is 5.22. The molecule has 0 spiro atoms. The molecule has 1 heterocycles. The molecule has 4 rings (SSSR count). The number of ether oxygens (including phenoxy) is 3. The third-order valence-electron chi connectivity index (χ3n) is 5.22. The fourth-order valence-electron chi connectivity index (χ4n) is 3.55. The predicted octanol–water partition coefficient (Wildman–Crippen LogP) is 3.43. The van der Waals surface area contributed by atoms with Gasteiger partial charge in [-0.1, -0.05) is 42.5 Å². The van der Waals surface area contributed by atoms with Crippen molar-refractivity contribution >= 4 is 17.5 Å². The van der Waals surface area contributed by atoms with E-state index in [9.17, 15) is 9.59 Å². The fraction of sp³-hybridized carbons (Fsp3) is 0.200. The first-order valence-electron chi connectivity index (χ1n) is 10.2. The minimum Gasteiger partial charge on any atom is -0.497 e. The highest BCUT2D eigenvalue weighted by molar-refractivity contribution is 6.08. The first kappa shape index (κ1) is 21.2. The Labute approximate surface area is 186 Å². The van der Waals surface area contributed by atoms with E-state index in [1.807, 2.05) is 36.4 Å². The molecule has 2 amide bonds. The number of hydrogen-bond acceptors (Lipinski definition) is 5. The maximum atomic E-state index is 13.5. The fourth-order valence-corrected chi connectivity index (χ4v) is 3.55. The van der Waals surface area contributed by atoms with Gasteiger partial charge in [-0.15, -0.1) is 0 Å². The number of rotatable bonds is 6. The molecular formula is C25H24N2O5. The van der Waals surface area contributed by atoms with Crippen molar-refractivity contribution in [3.8, 4) is 17.2 Å². The van der Waals surface area contributed by atoms with Crippen molar-refractivity contribution in [2.75, 3.05) is 25.7 Å². The number of benzene rings is 3. The molecule has 0 aliphatic carbocycles. The van der Waals surface area contributed by atoms with Gasteiger partial charge in [0, 0.05) is 18.2 Å². The molecule has 32 heavy (non-hydrogen) atoms. The lowest BCUT2D eigenvalue weighted by molar-refractivity contribution is -0.127. The minimum atomic E-state index is -0.843. The number of fused-ring (bicyclic) bond motifs is 1. The van der Waals surface area contributed by atoms with Crippen molar-refractivity contribution < 1.29 is 23.8 Å². The number of para-hydroxylation sites is 2. The molecule has 0 radical (unpaired) electrons. The van der Waals surface area contributed by atoms with Gasteiger partial charge in [-0.05, 0) is 29.8 Å². The Morgan fingerprint density at radius 3 is 2.31 bits per heavy atom. The van der Waals surface area contributed by atoms with Crippen LogP contribution in [0.5, 0.6) is 17.2 Å². The summed E-state index contributed by atoms with van der Waals surface area (Å²) in [4.78, 5) is 27.9. The third kappa shape index (κ3) is 4.51. The lowest BCUT2D eigenvalue weighted by atomic mass is 10.1. The van der Waals surface area contributed by atoms with Gasteiger partial charge in [0.1, 0.15) is 17.2 Å². The number of carbonyl (C=O) groups is 2. The summed E-state index contributed by atoms with van der Waals surface area (Å²) in [6.45, 7) is 0.457. The molecule has 1 atom stereocenters. The molecule has 164 valence electrons. The lowest BCUT2D eigenvalue weighted by Crippen LogP contribution is -2.50. The molecule has 1 aliphatic rings. The zero-order valence-electron chi connectivity index (χ0n) is 17.9. The molecular weight excluding hydrogens is 408 g/mol. The number of nitrogens with one attached hydrogen (secondary N) is 1. The van der Waals surface area contributed by atoms with E-state index in [0.717, 1.165) is 5.56 Å². The number of carbonyl (C=O) groups excluding carboxylic acids is 2. The van der Waals surface area contributed by atoms with E-state index in [0.29, 0.717) is 35.0 Å². The van der Waals surface area contributed by atoms with E-state index in [-0.39, 0.29) is 18.4 Å². The molecule has 0 saturated heterocycles. The molecule has 0 fully saturated rings. The summed E-state index contributed by atoms with van der Waals surface area (Å²) in [6.07, 6.45) is -0.843.